The van der Waals surface area contributed by atoms with Crippen molar-refractivity contribution in [2.75, 3.05) is 13.7 Å². The predicted molar refractivity (Wildman–Crippen MR) is 107 cm³/mol. The molecule has 3 rings (SSSR count). The molecule has 26 heavy (non-hydrogen) atoms. The van der Waals surface area contributed by atoms with E-state index in [9.17, 15) is 4.79 Å². The number of methoxy groups -OCH3 is 1. The zero-order chi connectivity index (χ0) is 18.5. The van der Waals surface area contributed by atoms with Crippen LogP contribution in [0.1, 0.15) is 34.7 Å². The second kappa shape index (κ2) is 8.72. The Bertz CT molecular complexity index is 813. The van der Waals surface area contributed by atoms with E-state index in [1.54, 1.807) is 6.08 Å². The lowest BCUT2D eigenvalue weighted by molar-refractivity contribution is -0.134. The summed E-state index contributed by atoms with van der Waals surface area (Å²) in [5.74, 6) is -0.344. The van der Waals surface area contributed by atoms with Gasteiger partial charge in [-0.1, -0.05) is 47.5 Å². The van der Waals surface area contributed by atoms with Crippen molar-refractivity contribution in [2.45, 2.75) is 25.3 Å². The summed E-state index contributed by atoms with van der Waals surface area (Å²) in [6, 6.07) is 12.3. The van der Waals surface area contributed by atoms with Gasteiger partial charge in [0.1, 0.15) is 0 Å². The van der Waals surface area contributed by atoms with Crippen molar-refractivity contribution in [3.8, 4) is 0 Å². The summed E-state index contributed by atoms with van der Waals surface area (Å²) in [6.45, 7) is 0.817. The molecule has 5 heteroatoms. The molecule has 0 fully saturated rings. The third kappa shape index (κ3) is 4.47. The predicted octanol–water partition coefficient (Wildman–Crippen LogP) is 5.00. The summed E-state index contributed by atoms with van der Waals surface area (Å²) in [5.41, 5.74) is 4.65. The van der Waals surface area contributed by atoms with E-state index in [4.69, 9.17) is 23.2 Å². The Morgan fingerprint density at radius 2 is 2.04 bits per heavy atom. The molecule has 0 radical (unpaired) electrons. The fourth-order valence-electron chi connectivity index (χ4n) is 3.33. The van der Waals surface area contributed by atoms with Gasteiger partial charge in [0.25, 0.3) is 0 Å². The molecule has 0 bridgehead atoms. The molecule has 0 spiro atoms. The lowest BCUT2D eigenvalue weighted by Gasteiger charge is -2.15. The first-order valence-corrected chi connectivity index (χ1v) is 9.39. The van der Waals surface area contributed by atoms with Crippen LogP contribution >= 0.6 is 23.2 Å². The van der Waals surface area contributed by atoms with Crippen LogP contribution < -0.4 is 5.32 Å². The number of ether oxygens (including phenoxy) is 1. The molecule has 0 amide bonds. The van der Waals surface area contributed by atoms with Crippen molar-refractivity contribution in [3.05, 3.63) is 74.8 Å². The van der Waals surface area contributed by atoms with Gasteiger partial charge in [0.15, 0.2) is 0 Å². The highest BCUT2D eigenvalue weighted by Gasteiger charge is 2.22. The van der Waals surface area contributed by atoms with Crippen molar-refractivity contribution >= 4 is 35.2 Å². The molecule has 0 saturated heterocycles. The fraction of sp³-hybridized carbons (Fsp3) is 0.286. The Kier molecular flexibility index (Phi) is 6.36. The van der Waals surface area contributed by atoms with Crippen molar-refractivity contribution in [1.82, 2.24) is 5.32 Å². The summed E-state index contributed by atoms with van der Waals surface area (Å²) < 4.78 is 4.62. The molecule has 1 N–H and O–H groups in total. The molecule has 0 aromatic heterocycles. The highest BCUT2D eigenvalue weighted by Crippen LogP contribution is 2.32. The number of esters is 1. The summed E-state index contributed by atoms with van der Waals surface area (Å²) >= 11 is 12.5. The van der Waals surface area contributed by atoms with Crippen LogP contribution in [-0.4, -0.2) is 19.6 Å². The van der Waals surface area contributed by atoms with Crippen LogP contribution in [0.5, 0.6) is 0 Å². The fourth-order valence-corrected chi connectivity index (χ4v) is 3.91. The molecule has 1 aliphatic carbocycles. The highest BCUT2D eigenvalue weighted by atomic mass is 35.5. The SMILES string of the molecule is COC(=O)/C=C/c1ccc2c(c1)CCC2NCCc1c(Cl)cccc1Cl. The molecule has 0 heterocycles. The van der Waals surface area contributed by atoms with Gasteiger partial charge in [0.05, 0.1) is 7.11 Å². The van der Waals surface area contributed by atoms with Gasteiger partial charge in [-0.3, -0.25) is 0 Å². The minimum Gasteiger partial charge on any atom is -0.466 e. The maximum absolute atomic E-state index is 11.2. The molecule has 2 aromatic rings. The number of halogens is 2. The first-order valence-electron chi connectivity index (χ1n) is 8.63. The standard InChI is InChI=1S/C21H21Cl2NO2/c1-26-21(25)10-6-14-5-8-16-15(13-14)7-9-20(16)24-12-11-17-18(22)3-2-4-19(17)23/h2-6,8,10,13,20,24H,7,9,11-12H2,1H3/b10-6+. The molecular weight excluding hydrogens is 369 g/mol. The molecule has 1 atom stereocenters. The summed E-state index contributed by atoms with van der Waals surface area (Å²) in [4.78, 5) is 11.2. The first kappa shape index (κ1) is 19.0. The smallest absolute Gasteiger partial charge is 0.330 e. The number of carbonyl (C=O) groups is 1. The third-order valence-electron chi connectivity index (χ3n) is 4.69. The second-order valence-corrected chi connectivity index (χ2v) is 7.12. The number of benzene rings is 2. The number of fused-ring (bicyclic) bond motifs is 1. The number of carbonyl (C=O) groups excluding carboxylic acids is 1. The van der Waals surface area contributed by atoms with Gasteiger partial charge in [-0.15, -0.1) is 0 Å². The average Bonchev–Trinajstić information content (AvgIpc) is 3.04. The lowest BCUT2D eigenvalue weighted by Crippen LogP contribution is -2.22. The molecule has 1 unspecified atom stereocenters. The number of hydrogen-bond donors (Lipinski definition) is 1. The summed E-state index contributed by atoms with van der Waals surface area (Å²) in [7, 11) is 1.38. The van der Waals surface area contributed by atoms with E-state index in [1.807, 2.05) is 24.3 Å². The van der Waals surface area contributed by atoms with Gasteiger partial charge < -0.3 is 10.1 Å². The Balaban J connectivity index is 1.61. The van der Waals surface area contributed by atoms with Crippen molar-refractivity contribution < 1.29 is 9.53 Å². The van der Waals surface area contributed by atoms with E-state index in [-0.39, 0.29) is 5.97 Å². The number of nitrogens with one attached hydrogen (secondary N) is 1. The topological polar surface area (TPSA) is 38.3 Å². The largest absolute Gasteiger partial charge is 0.466 e. The van der Waals surface area contributed by atoms with Gasteiger partial charge in [-0.05, 0) is 66.3 Å². The van der Waals surface area contributed by atoms with Crippen molar-refractivity contribution in [2.24, 2.45) is 0 Å². The number of rotatable bonds is 6. The van der Waals surface area contributed by atoms with Gasteiger partial charge >= 0.3 is 5.97 Å². The Labute approximate surface area is 164 Å². The molecule has 0 saturated carbocycles. The second-order valence-electron chi connectivity index (χ2n) is 6.31. The van der Waals surface area contributed by atoms with E-state index >= 15 is 0 Å². The molecule has 1 aliphatic rings. The van der Waals surface area contributed by atoms with Crippen LogP contribution in [-0.2, 0) is 22.4 Å². The maximum Gasteiger partial charge on any atom is 0.330 e. The Morgan fingerprint density at radius 1 is 1.27 bits per heavy atom. The van der Waals surface area contributed by atoms with E-state index in [2.05, 4.69) is 22.2 Å². The molecule has 3 nitrogen and oxygen atoms in total. The van der Waals surface area contributed by atoms with Gasteiger partial charge in [0, 0.05) is 22.2 Å². The van der Waals surface area contributed by atoms with Crippen LogP contribution in [0.4, 0.5) is 0 Å². The van der Waals surface area contributed by atoms with E-state index < -0.39 is 0 Å². The van der Waals surface area contributed by atoms with Crippen molar-refractivity contribution in [1.29, 1.82) is 0 Å². The van der Waals surface area contributed by atoms with Crippen LogP contribution in [0.2, 0.25) is 10.0 Å². The minimum absolute atomic E-state index is 0.338. The summed E-state index contributed by atoms with van der Waals surface area (Å²) in [6.07, 6.45) is 6.12. The third-order valence-corrected chi connectivity index (χ3v) is 5.39. The molecule has 0 aliphatic heterocycles. The quantitative estimate of drug-likeness (QED) is 0.557. The normalized spacial score (nSPS) is 16.0. The van der Waals surface area contributed by atoms with E-state index in [1.165, 1.54) is 24.3 Å². The Hall–Kier alpha value is -1.81. The first-order chi connectivity index (χ1) is 12.6. The molecule has 2 aromatic carbocycles. The molecular formula is C21H21Cl2NO2. The summed E-state index contributed by atoms with van der Waals surface area (Å²) in [5, 5.41) is 5.04. The van der Waals surface area contributed by atoms with Gasteiger partial charge in [-0.25, -0.2) is 4.79 Å². The van der Waals surface area contributed by atoms with Crippen LogP contribution in [0.15, 0.2) is 42.5 Å². The van der Waals surface area contributed by atoms with E-state index in [0.29, 0.717) is 16.1 Å². The van der Waals surface area contributed by atoms with Crippen LogP contribution in [0, 0.1) is 0 Å². The zero-order valence-electron chi connectivity index (χ0n) is 14.6. The number of aryl methyl sites for hydroxylation is 1. The average molecular weight is 390 g/mol. The van der Waals surface area contributed by atoms with Gasteiger partial charge in [-0.2, -0.15) is 0 Å². The number of hydrogen-bond acceptors (Lipinski definition) is 3. The van der Waals surface area contributed by atoms with Gasteiger partial charge in [0.2, 0.25) is 0 Å². The minimum atomic E-state index is -0.344. The van der Waals surface area contributed by atoms with E-state index in [0.717, 1.165) is 36.9 Å². The highest BCUT2D eigenvalue weighted by molar-refractivity contribution is 6.35. The maximum atomic E-state index is 11.2. The monoisotopic (exact) mass is 389 g/mol. The van der Waals surface area contributed by atoms with Crippen LogP contribution in [0.25, 0.3) is 6.08 Å². The lowest BCUT2D eigenvalue weighted by atomic mass is 10.0. The molecule has 136 valence electrons. The van der Waals surface area contributed by atoms with Crippen molar-refractivity contribution in [3.63, 3.8) is 0 Å². The van der Waals surface area contributed by atoms with Crippen LogP contribution in [0.3, 0.4) is 0 Å². The zero-order valence-corrected chi connectivity index (χ0v) is 16.1. The Morgan fingerprint density at radius 3 is 2.77 bits per heavy atom.